The third-order valence-corrected chi connectivity index (χ3v) is 8.01. The molecule has 0 radical (unpaired) electrons. The molecule has 0 unspecified atom stereocenters. The van der Waals surface area contributed by atoms with E-state index in [2.05, 4.69) is 52.5 Å². The van der Waals surface area contributed by atoms with Crippen molar-refractivity contribution in [2.24, 2.45) is 0 Å². The molecular weight excluding hydrogens is 589 g/mol. The first-order valence-corrected chi connectivity index (χ1v) is 11.6. The van der Waals surface area contributed by atoms with Gasteiger partial charge in [0.1, 0.15) is 0 Å². The second-order valence-electron chi connectivity index (χ2n) is 6.48. The van der Waals surface area contributed by atoms with Crippen LogP contribution in [0.1, 0.15) is 36.0 Å². The van der Waals surface area contributed by atoms with Gasteiger partial charge in [0.15, 0.2) is 0 Å². The molecule has 0 aliphatic carbocycles. The van der Waals surface area contributed by atoms with E-state index in [1.54, 1.807) is 4.90 Å². The first-order valence-electron chi connectivity index (χ1n) is 8.83. The van der Waals surface area contributed by atoms with Gasteiger partial charge in [-0.15, -0.1) is 0 Å². The summed E-state index contributed by atoms with van der Waals surface area (Å²) in [7, 11) is 1.35. The smallest absolute Gasteiger partial charge is 0.305 e. The van der Waals surface area contributed by atoms with Crippen LogP contribution in [0, 0.1) is 0 Å². The van der Waals surface area contributed by atoms with Crippen LogP contribution in [0.2, 0.25) is 5.02 Å². The predicted octanol–water partition coefficient (Wildman–Crippen LogP) is 6.91. The summed E-state index contributed by atoms with van der Waals surface area (Å²) in [4.78, 5) is 26.3. The molecule has 0 spiro atoms. The Morgan fingerprint density at radius 2 is 1.76 bits per heavy atom. The molecule has 2 aromatic rings. The highest BCUT2D eigenvalue weighted by atomic mass is 79.9. The molecule has 0 N–H and O–H groups in total. The van der Waals surface area contributed by atoms with Gasteiger partial charge in [0.25, 0.3) is 0 Å². The van der Waals surface area contributed by atoms with Crippen molar-refractivity contribution in [3.05, 3.63) is 62.6 Å². The highest BCUT2D eigenvalue weighted by Crippen LogP contribution is 2.44. The molecular formula is C21H17Br3ClNO3. The Hall–Kier alpha value is -1.15. The lowest BCUT2D eigenvalue weighted by Crippen LogP contribution is -2.32. The molecule has 3 rings (SSSR count). The van der Waals surface area contributed by atoms with Crippen molar-refractivity contribution < 1.29 is 14.3 Å². The average molecular weight is 607 g/mol. The second-order valence-corrected chi connectivity index (χ2v) is 9.33. The van der Waals surface area contributed by atoms with Crippen LogP contribution in [0.5, 0.6) is 0 Å². The largest absolute Gasteiger partial charge is 0.469 e. The zero-order chi connectivity index (χ0) is 21.1. The summed E-state index contributed by atoms with van der Waals surface area (Å²) in [6, 6.07) is 11.5. The van der Waals surface area contributed by atoms with E-state index in [4.69, 9.17) is 11.6 Å². The standard InChI is InChI=1S/C21H17Br3ClNO3/c1-29-19(28)8-4-7-18(27)26-11-12-9-15(22)16(25)10-14(12)21(24)20(23)13-5-2-3-6-17(13)26/h2-3,5-6,9-10H,4,7-8,11H2,1H3/b21-20-. The summed E-state index contributed by atoms with van der Waals surface area (Å²) >= 11 is 17.2. The first kappa shape index (κ1) is 22.5. The molecule has 29 heavy (non-hydrogen) atoms. The maximum atomic E-state index is 13.1. The predicted molar refractivity (Wildman–Crippen MR) is 127 cm³/mol. The zero-order valence-corrected chi connectivity index (χ0v) is 21.0. The maximum absolute atomic E-state index is 13.1. The lowest BCUT2D eigenvalue weighted by atomic mass is 10.0. The molecule has 0 saturated heterocycles. The maximum Gasteiger partial charge on any atom is 0.305 e. The van der Waals surface area contributed by atoms with Crippen LogP contribution in [0.15, 0.2) is 40.9 Å². The minimum atomic E-state index is -0.315. The number of hydrogen-bond donors (Lipinski definition) is 0. The van der Waals surface area contributed by atoms with Crippen molar-refractivity contribution in [1.82, 2.24) is 0 Å². The van der Waals surface area contributed by atoms with Crippen LogP contribution in [0.25, 0.3) is 8.96 Å². The summed E-state index contributed by atoms with van der Waals surface area (Å²) in [6.45, 7) is 0.383. The summed E-state index contributed by atoms with van der Waals surface area (Å²) in [5.74, 6) is -0.374. The van der Waals surface area contributed by atoms with Crippen molar-refractivity contribution in [3.63, 3.8) is 0 Å². The number of benzene rings is 2. The number of rotatable bonds is 4. The fourth-order valence-corrected chi connectivity index (χ4v) is 4.84. The topological polar surface area (TPSA) is 46.6 Å². The Labute approximate surface area is 199 Å². The fourth-order valence-electron chi connectivity index (χ4n) is 3.15. The number of amides is 1. The van der Waals surface area contributed by atoms with Gasteiger partial charge in [0, 0.05) is 31.8 Å². The molecule has 152 valence electrons. The van der Waals surface area contributed by atoms with Gasteiger partial charge in [0.2, 0.25) is 5.91 Å². The van der Waals surface area contributed by atoms with Crippen molar-refractivity contribution >= 4 is 85.9 Å². The van der Waals surface area contributed by atoms with Gasteiger partial charge in [-0.25, -0.2) is 0 Å². The normalized spacial score (nSPS) is 15.8. The van der Waals surface area contributed by atoms with Crippen molar-refractivity contribution in [2.75, 3.05) is 12.0 Å². The van der Waals surface area contributed by atoms with E-state index in [9.17, 15) is 9.59 Å². The first-order chi connectivity index (χ1) is 13.8. The summed E-state index contributed by atoms with van der Waals surface area (Å²) in [5, 5.41) is 0.589. The van der Waals surface area contributed by atoms with Gasteiger partial charge in [-0.05, 0) is 83.5 Å². The lowest BCUT2D eigenvalue weighted by Gasteiger charge is -2.29. The van der Waals surface area contributed by atoms with Crippen molar-refractivity contribution in [2.45, 2.75) is 25.8 Å². The Morgan fingerprint density at radius 1 is 1.07 bits per heavy atom. The molecule has 0 fully saturated rings. The second kappa shape index (κ2) is 9.77. The average Bonchev–Trinajstić information content (AvgIpc) is 2.72. The quantitative estimate of drug-likeness (QED) is 0.356. The van der Waals surface area contributed by atoms with Crippen LogP contribution in [0.4, 0.5) is 5.69 Å². The van der Waals surface area contributed by atoms with E-state index < -0.39 is 0 Å². The zero-order valence-electron chi connectivity index (χ0n) is 15.5. The number of para-hydroxylation sites is 1. The van der Waals surface area contributed by atoms with Crippen molar-refractivity contribution in [3.8, 4) is 0 Å². The van der Waals surface area contributed by atoms with Crippen LogP contribution < -0.4 is 4.90 Å². The van der Waals surface area contributed by atoms with E-state index in [0.29, 0.717) is 18.0 Å². The molecule has 1 aliphatic heterocycles. The minimum Gasteiger partial charge on any atom is -0.469 e. The number of fused-ring (bicyclic) bond motifs is 2. The lowest BCUT2D eigenvalue weighted by molar-refractivity contribution is -0.140. The fraction of sp³-hybridized carbons (Fsp3) is 0.238. The van der Waals surface area contributed by atoms with Gasteiger partial charge in [-0.1, -0.05) is 29.8 Å². The number of esters is 1. The highest BCUT2D eigenvalue weighted by Gasteiger charge is 2.26. The Bertz CT molecular complexity index is 1010. The van der Waals surface area contributed by atoms with Crippen LogP contribution >= 0.6 is 59.4 Å². The number of nitrogens with zero attached hydrogens (tertiary/aromatic N) is 1. The molecule has 1 amide bonds. The minimum absolute atomic E-state index is 0.0586. The van der Waals surface area contributed by atoms with E-state index in [1.807, 2.05) is 36.4 Å². The molecule has 0 aromatic heterocycles. The number of ether oxygens (including phenoxy) is 1. The van der Waals surface area contributed by atoms with E-state index in [0.717, 1.165) is 35.8 Å². The van der Waals surface area contributed by atoms with Gasteiger partial charge in [0.05, 0.1) is 24.4 Å². The Kier molecular flexibility index (Phi) is 7.59. The SMILES string of the molecule is COC(=O)CCCC(=O)N1Cc2cc(Br)c(Cl)cc2/C(Br)=C(/Br)c2ccccc21. The Balaban J connectivity index is 2.06. The number of carbonyl (C=O) groups excluding carboxylic acids is 2. The van der Waals surface area contributed by atoms with Crippen molar-refractivity contribution in [1.29, 1.82) is 0 Å². The molecule has 0 atom stereocenters. The number of carbonyl (C=O) groups is 2. The molecule has 1 heterocycles. The molecule has 1 aliphatic rings. The van der Waals surface area contributed by atoms with Gasteiger partial charge in [-0.2, -0.15) is 0 Å². The van der Waals surface area contributed by atoms with Gasteiger partial charge >= 0.3 is 5.97 Å². The van der Waals surface area contributed by atoms with Gasteiger partial charge < -0.3 is 9.64 Å². The van der Waals surface area contributed by atoms with E-state index >= 15 is 0 Å². The molecule has 0 bridgehead atoms. The van der Waals surface area contributed by atoms with Crippen LogP contribution in [-0.2, 0) is 20.9 Å². The third kappa shape index (κ3) is 4.95. The molecule has 4 nitrogen and oxygen atoms in total. The molecule has 2 aromatic carbocycles. The summed E-state index contributed by atoms with van der Waals surface area (Å²) in [6.07, 6.45) is 0.892. The van der Waals surface area contributed by atoms with E-state index in [-0.39, 0.29) is 24.7 Å². The third-order valence-electron chi connectivity index (χ3n) is 4.64. The summed E-state index contributed by atoms with van der Waals surface area (Å²) < 4.78 is 7.13. The number of anilines is 1. The molecule has 0 saturated carbocycles. The monoisotopic (exact) mass is 603 g/mol. The Morgan fingerprint density at radius 3 is 2.48 bits per heavy atom. The number of hydrogen-bond acceptors (Lipinski definition) is 3. The molecule has 8 heteroatoms. The van der Waals surface area contributed by atoms with E-state index in [1.165, 1.54) is 7.11 Å². The highest BCUT2D eigenvalue weighted by molar-refractivity contribution is 9.18. The van der Waals surface area contributed by atoms with Crippen LogP contribution in [-0.4, -0.2) is 19.0 Å². The van der Waals surface area contributed by atoms with Crippen LogP contribution in [0.3, 0.4) is 0 Å². The number of halogens is 4. The summed E-state index contributed by atoms with van der Waals surface area (Å²) in [5.41, 5.74) is 3.55. The van der Waals surface area contributed by atoms with Gasteiger partial charge in [-0.3, -0.25) is 9.59 Å². The number of methoxy groups -OCH3 is 1.